The van der Waals surface area contributed by atoms with E-state index in [2.05, 4.69) is 42.7 Å². The number of epoxide rings is 1. The van der Waals surface area contributed by atoms with Gasteiger partial charge in [0.1, 0.15) is 43.2 Å². The fourth-order valence-electron chi connectivity index (χ4n) is 7.65. The maximum Gasteiger partial charge on any atom is 0.472 e. The number of unbranched alkanes of at least 4 members (excludes halogenated alkanes) is 18. The molecular formula is C47H84O17P2. The van der Waals surface area contributed by atoms with Crippen molar-refractivity contribution in [1.82, 2.24) is 0 Å². The lowest BCUT2D eigenvalue weighted by molar-refractivity contribution is -0.216. The first-order valence-electron chi connectivity index (χ1n) is 24.7. The lowest BCUT2D eigenvalue weighted by atomic mass is 9.85. The second-order valence-corrected chi connectivity index (χ2v) is 20.2. The zero-order valence-corrected chi connectivity index (χ0v) is 41.4. The van der Waals surface area contributed by atoms with Gasteiger partial charge in [0.2, 0.25) is 0 Å². The van der Waals surface area contributed by atoms with Gasteiger partial charge in [0.25, 0.3) is 0 Å². The molecule has 0 amide bonds. The summed E-state index contributed by atoms with van der Waals surface area (Å²) in [6, 6.07) is 0. The third-order valence-electron chi connectivity index (χ3n) is 11.6. The SMILES string of the molecule is CCCCC/C=C\CC1OC1C/C=C\C/C=C\CCCC(=O)OC[C@H](COP(=O)(O)O[C@H]1C(O)C(O)C(O)[C@@H](OP(=O)(O)O)C1O)OC(=O)CCCCCCCCCCCCCCCCC. The lowest BCUT2D eigenvalue weighted by Crippen LogP contribution is -2.64. The average Bonchev–Trinajstić information content (AvgIpc) is 4.03. The van der Waals surface area contributed by atoms with Crippen molar-refractivity contribution < 1.29 is 81.6 Å². The number of ether oxygens (including phenoxy) is 3. The van der Waals surface area contributed by atoms with Crippen LogP contribution >= 0.6 is 15.6 Å². The predicted molar refractivity (Wildman–Crippen MR) is 250 cm³/mol. The van der Waals surface area contributed by atoms with Crippen LogP contribution in [-0.2, 0) is 46.5 Å². The van der Waals surface area contributed by atoms with Crippen LogP contribution in [0.15, 0.2) is 36.5 Å². The zero-order chi connectivity index (χ0) is 48.6. The van der Waals surface area contributed by atoms with E-state index >= 15 is 0 Å². The Morgan fingerprint density at radius 2 is 1.02 bits per heavy atom. The molecule has 66 heavy (non-hydrogen) atoms. The van der Waals surface area contributed by atoms with E-state index in [4.69, 9.17) is 23.3 Å². The van der Waals surface area contributed by atoms with Gasteiger partial charge in [0.15, 0.2) is 6.10 Å². The maximum atomic E-state index is 13.0. The van der Waals surface area contributed by atoms with Crippen molar-refractivity contribution in [1.29, 1.82) is 0 Å². The van der Waals surface area contributed by atoms with Gasteiger partial charge >= 0.3 is 27.6 Å². The molecule has 19 heteroatoms. The summed E-state index contributed by atoms with van der Waals surface area (Å²) < 4.78 is 55.1. The molecule has 0 aromatic carbocycles. The highest BCUT2D eigenvalue weighted by Gasteiger charge is 2.54. The number of hydrogen-bond acceptors (Lipinski definition) is 14. The lowest BCUT2D eigenvalue weighted by Gasteiger charge is -2.43. The van der Waals surface area contributed by atoms with Crippen molar-refractivity contribution in [2.24, 2.45) is 0 Å². The van der Waals surface area contributed by atoms with Crippen LogP contribution in [0.2, 0.25) is 0 Å². The molecule has 1 saturated carbocycles. The molecule has 0 radical (unpaired) electrons. The van der Waals surface area contributed by atoms with Gasteiger partial charge in [-0.05, 0) is 51.4 Å². The van der Waals surface area contributed by atoms with Gasteiger partial charge in [-0.25, -0.2) is 9.13 Å². The largest absolute Gasteiger partial charge is 0.472 e. The molecule has 1 saturated heterocycles. The van der Waals surface area contributed by atoms with E-state index in [1.807, 2.05) is 12.2 Å². The minimum absolute atomic E-state index is 0.0326. The fourth-order valence-corrected chi connectivity index (χ4v) is 9.19. The minimum atomic E-state index is -5.37. The van der Waals surface area contributed by atoms with E-state index in [1.165, 1.54) is 83.5 Å². The van der Waals surface area contributed by atoms with E-state index in [-0.39, 0.29) is 18.9 Å². The average molecular weight is 983 g/mol. The first-order valence-corrected chi connectivity index (χ1v) is 27.7. The Hall–Kier alpha value is -1.82. The van der Waals surface area contributed by atoms with Crippen molar-refractivity contribution in [2.45, 2.75) is 236 Å². The molecule has 10 atom stereocenters. The Balaban J connectivity index is 1.80. The number of rotatable bonds is 40. The van der Waals surface area contributed by atoms with E-state index < -0.39 is 83.5 Å². The van der Waals surface area contributed by atoms with E-state index in [1.54, 1.807) is 0 Å². The van der Waals surface area contributed by atoms with Crippen LogP contribution in [0.25, 0.3) is 0 Å². The summed E-state index contributed by atoms with van der Waals surface area (Å²) >= 11 is 0. The summed E-state index contributed by atoms with van der Waals surface area (Å²) in [5.74, 6) is -1.27. The van der Waals surface area contributed by atoms with Gasteiger partial charge in [0, 0.05) is 12.8 Å². The Labute approximate surface area is 393 Å². The van der Waals surface area contributed by atoms with E-state index in [0.717, 1.165) is 51.4 Å². The van der Waals surface area contributed by atoms with Gasteiger partial charge < -0.3 is 49.3 Å². The van der Waals surface area contributed by atoms with Gasteiger partial charge in [-0.1, -0.05) is 153 Å². The molecule has 2 fully saturated rings. The van der Waals surface area contributed by atoms with E-state index in [9.17, 15) is 53.8 Å². The number of aliphatic hydroxyl groups excluding tert-OH is 4. The van der Waals surface area contributed by atoms with Crippen molar-refractivity contribution in [3.05, 3.63) is 36.5 Å². The Bertz CT molecular complexity index is 1490. The summed E-state index contributed by atoms with van der Waals surface area (Å²) in [6.07, 6.45) is 24.2. The molecule has 1 heterocycles. The highest BCUT2D eigenvalue weighted by atomic mass is 31.2. The fraction of sp³-hybridized carbons (Fsp3) is 0.830. The highest BCUT2D eigenvalue weighted by molar-refractivity contribution is 7.47. The number of allylic oxidation sites excluding steroid dienone is 4. The van der Waals surface area contributed by atoms with Crippen LogP contribution < -0.4 is 0 Å². The monoisotopic (exact) mass is 983 g/mol. The van der Waals surface area contributed by atoms with E-state index in [0.29, 0.717) is 25.4 Å². The molecule has 0 aromatic rings. The van der Waals surface area contributed by atoms with Crippen LogP contribution in [0.4, 0.5) is 0 Å². The summed E-state index contributed by atoms with van der Waals surface area (Å²) in [6.45, 7) is 3.04. The molecule has 1 aliphatic carbocycles. The zero-order valence-electron chi connectivity index (χ0n) is 39.6. The Kier molecular flexibility index (Phi) is 32.3. The molecule has 1 aliphatic heterocycles. The van der Waals surface area contributed by atoms with Crippen molar-refractivity contribution in [2.75, 3.05) is 13.2 Å². The van der Waals surface area contributed by atoms with Crippen LogP contribution in [0.1, 0.15) is 181 Å². The van der Waals surface area contributed by atoms with Crippen LogP contribution in [0.3, 0.4) is 0 Å². The van der Waals surface area contributed by atoms with Gasteiger partial charge in [0.05, 0.1) is 18.8 Å². The third-order valence-corrected chi connectivity index (χ3v) is 13.1. The van der Waals surface area contributed by atoms with Crippen LogP contribution in [0, 0.1) is 0 Å². The normalized spacial score (nSPS) is 24.9. The topological polar surface area (TPSA) is 269 Å². The summed E-state index contributed by atoms with van der Waals surface area (Å²) in [5, 5.41) is 41.3. The number of phosphoric acid groups is 2. The number of hydrogen-bond donors (Lipinski definition) is 7. The maximum absolute atomic E-state index is 13.0. The number of phosphoric ester groups is 2. The van der Waals surface area contributed by atoms with Gasteiger partial charge in [-0.15, -0.1) is 0 Å². The van der Waals surface area contributed by atoms with Crippen molar-refractivity contribution in [3.63, 3.8) is 0 Å². The molecular weight excluding hydrogens is 898 g/mol. The van der Waals surface area contributed by atoms with Gasteiger partial charge in [-0.3, -0.25) is 23.2 Å². The van der Waals surface area contributed by atoms with Crippen molar-refractivity contribution >= 4 is 27.6 Å². The van der Waals surface area contributed by atoms with Crippen molar-refractivity contribution in [3.8, 4) is 0 Å². The molecule has 0 bridgehead atoms. The molecule has 384 valence electrons. The number of esters is 2. The predicted octanol–water partition coefficient (Wildman–Crippen LogP) is 8.50. The number of aliphatic hydroxyl groups is 4. The summed E-state index contributed by atoms with van der Waals surface area (Å²) in [4.78, 5) is 54.3. The molecule has 2 rings (SSSR count). The third kappa shape index (κ3) is 28.6. The summed E-state index contributed by atoms with van der Waals surface area (Å²) in [7, 11) is -10.7. The molecule has 0 aromatic heterocycles. The minimum Gasteiger partial charge on any atom is -0.462 e. The Morgan fingerprint density at radius 1 is 0.545 bits per heavy atom. The first kappa shape index (κ1) is 60.3. The molecule has 17 nitrogen and oxygen atoms in total. The second kappa shape index (κ2) is 35.3. The van der Waals surface area contributed by atoms with Crippen LogP contribution in [0.5, 0.6) is 0 Å². The Morgan fingerprint density at radius 3 is 1.59 bits per heavy atom. The highest BCUT2D eigenvalue weighted by Crippen LogP contribution is 2.49. The smallest absolute Gasteiger partial charge is 0.462 e. The molecule has 2 aliphatic rings. The second-order valence-electron chi connectivity index (χ2n) is 17.6. The molecule has 7 N–H and O–H groups in total. The molecule has 7 unspecified atom stereocenters. The summed E-state index contributed by atoms with van der Waals surface area (Å²) in [5.41, 5.74) is 0. The van der Waals surface area contributed by atoms with Gasteiger partial charge in [-0.2, -0.15) is 0 Å². The standard InChI is InChI=1S/C47H84O17P2/c1-3-5-7-9-11-12-13-14-15-16-17-18-21-26-30-34-41(49)61-37(36-60-66(57,58)64-47-44(52)42(50)43(51)46(45(47)53)63-65(54,55)56)35-59-40(48)33-29-25-22-19-20-24-28-32-39-38(62-39)31-27-23-10-8-6-4-2/h19,22-24,27-28,37-39,42-47,50-53H,3-18,20-21,25-26,29-36H2,1-2H3,(H,57,58)(H2,54,55,56)/b22-19-,27-23-,28-24-/t37-,38?,39?,42?,43?,44?,45?,46-,47+/m1/s1. The first-order chi connectivity index (χ1) is 31.6. The quantitative estimate of drug-likeness (QED) is 0.00997. The molecule has 0 spiro atoms. The van der Waals surface area contributed by atoms with Crippen LogP contribution in [-0.4, -0.2) is 115 Å². The number of carbonyl (C=O) groups is 2. The number of carbonyl (C=O) groups excluding carboxylic acids is 2.